The Balaban J connectivity index is 1.36. The molecule has 1 amide bonds. The summed E-state index contributed by atoms with van der Waals surface area (Å²) in [5.41, 5.74) is 4.78. The molecule has 0 aliphatic carbocycles. The monoisotopic (exact) mass is 453 g/mol. The predicted octanol–water partition coefficient (Wildman–Crippen LogP) is 5.48. The molecule has 34 heavy (non-hydrogen) atoms. The third kappa shape index (κ3) is 6.36. The Morgan fingerprint density at radius 3 is 2.71 bits per heavy atom. The minimum atomic E-state index is -0.229. The second-order valence-corrected chi connectivity index (χ2v) is 7.91. The van der Waals surface area contributed by atoms with Crippen molar-refractivity contribution in [2.45, 2.75) is 20.1 Å². The van der Waals surface area contributed by atoms with Crippen LogP contribution in [0.2, 0.25) is 0 Å². The van der Waals surface area contributed by atoms with Gasteiger partial charge in [0.2, 0.25) is 5.91 Å². The second-order valence-electron chi connectivity index (χ2n) is 7.91. The van der Waals surface area contributed by atoms with Crippen LogP contribution >= 0.6 is 0 Å². The van der Waals surface area contributed by atoms with Gasteiger partial charge in [-0.15, -0.1) is 0 Å². The van der Waals surface area contributed by atoms with Gasteiger partial charge in [0, 0.05) is 17.8 Å². The van der Waals surface area contributed by atoms with Crippen LogP contribution in [0, 0.1) is 6.92 Å². The van der Waals surface area contributed by atoms with Crippen molar-refractivity contribution < 1.29 is 14.3 Å². The minimum absolute atomic E-state index is 0.229. The van der Waals surface area contributed by atoms with Crippen LogP contribution in [0.4, 0.5) is 5.69 Å². The molecule has 0 aliphatic heterocycles. The Morgan fingerprint density at radius 1 is 1.06 bits per heavy atom. The zero-order chi connectivity index (χ0) is 23.8. The third-order valence-corrected chi connectivity index (χ3v) is 5.20. The lowest BCUT2D eigenvalue weighted by molar-refractivity contribution is -0.111. The quantitative estimate of drug-likeness (QED) is 0.341. The van der Waals surface area contributed by atoms with Gasteiger partial charge in [0.25, 0.3) is 0 Å². The fourth-order valence-corrected chi connectivity index (χ4v) is 3.56. The van der Waals surface area contributed by atoms with Gasteiger partial charge in [-0.2, -0.15) is 5.10 Å². The summed E-state index contributed by atoms with van der Waals surface area (Å²) in [6, 6.07) is 23.6. The topological polar surface area (TPSA) is 65.4 Å². The first kappa shape index (κ1) is 22.9. The van der Waals surface area contributed by atoms with E-state index < -0.39 is 0 Å². The number of methoxy groups -OCH3 is 1. The van der Waals surface area contributed by atoms with Crippen molar-refractivity contribution in [2.75, 3.05) is 12.4 Å². The summed E-state index contributed by atoms with van der Waals surface area (Å²) in [7, 11) is 1.63. The SMILES string of the molecule is COc1ccc(/C=C/C(=O)Nc2cnn(Cc3cccc(C)c3)c2)cc1COc1ccccc1. The number of amides is 1. The minimum Gasteiger partial charge on any atom is -0.496 e. The van der Waals surface area contributed by atoms with Crippen LogP contribution in [0.15, 0.2) is 91.3 Å². The molecule has 0 radical (unpaired) electrons. The number of nitrogens with one attached hydrogen (secondary N) is 1. The van der Waals surface area contributed by atoms with Crippen molar-refractivity contribution in [2.24, 2.45) is 0 Å². The van der Waals surface area contributed by atoms with Crippen molar-refractivity contribution >= 4 is 17.7 Å². The van der Waals surface area contributed by atoms with E-state index in [0.29, 0.717) is 18.8 Å². The zero-order valence-electron chi connectivity index (χ0n) is 19.3. The molecule has 1 heterocycles. The maximum Gasteiger partial charge on any atom is 0.248 e. The second kappa shape index (κ2) is 11.0. The van der Waals surface area contributed by atoms with Crippen molar-refractivity contribution in [3.05, 3.63) is 114 Å². The number of ether oxygens (including phenoxy) is 2. The number of benzene rings is 3. The Morgan fingerprint density at radius 2 is 1.91 bits per heavy atom. The lowest BCUT2D eigenvalue weighted by atomic mass is 10.1. The van der Waals surface area contributed by atoms with Gasteiger partial charge in [-0.1, -0.05) is 54.1 Å². The van der Waals surface area contributed by atoms with E-state index in [9.17, 15) is 4.79 Å². The average Bonchev–Trinajstić information content (AvgIpc) is 3.28. The molecular weight excluding hydrogens is 426 g/mol. The first-order valence-corrected chi connectivity index (χ1v) is 11.0. The standard InChI is InChI=1S/C28H27N3O3/c1-21-7-6-8-23(15-21)18-31-19-25(17-29-31)30-28(32)14-12-22-11-13-27(33-2)24(16-22)20-34-26-9-4-3-5-10-26/h3-17,19H,18,20H2,1-2H3,(H,30,32)/b14-12+. The maximum atomic E-state index is 12.4. The summed E-state index contributed by atoms with van der Waals surface area (Å²) in [4.78, 5) is 12.4. The first-order chi connectivity index (χ1) is 16.6. The van der Waals surface area contributed by atoms with E-state index in [2.05, 4.69) is 35.5 Å². The van der Waals surface area contributed by atoms with E-state index in [1.54, 1.807) is 24.1 Å². The predicted molar refractivity (Wildman–Crippen MR) is 134 cm³/mol. The lowest BCUT2D eigenvalue weighted by Gasteiger charge is -2.11. The molecule has 1 N–H and O–H groups in total. The zero-order valence-corrected chi connectivity index (χ0v) is 19.3. The van der Waals surface area contributed by atoms with Gasteiger partial charge in [-0.3, -0.25) is 9.48 Å². The van der Waals surface area contributed by atoms with Crippen LogP contribution in [-0.4, -0.2) is 22.8 Å². The highest BCUT2D eigenvalue weighted by Crippen LogP contribution is 2.23. The Hall–Kier alpha value is -4.32. The molecule has 0 saturated heterocycles. The highest BCUT2D eigenvalue weighted by atomic mass is 16.5. The summed E-state index contributed by atoms with van der Waals surface area (Å²) in [6.45, 7) is 3.07. The van der Waals surface area contributed by atoms with E-state index in [0.717, 1.165) is 28.2 Å². The summed E-state index contributed by atoms with van der Waals surface area (Å²) in [5.74, 6) is 1.29. The fraction of sp³-hybridized carbons (Fsp3) is 0.143. The van der Waals surface area contributed by atoms with E-state index in [-0.39, 0.29) is 5.91 Å². The molecule has 0 aliphatic rings. The van der Waals surface area contributed by atoms with Gasteiger partial charge < -0.3 is 14.8 Å². The molecule has 6 heteroatoms. The molecular formula is C28H27N3O3. The normalized spacial score (nSPS) is 10.9. The number of carbonyl (C=O) groups excluding carboxylic acids is 1. The molecule has 4 aromatic rings. The molecule has 1 aromatic heterocycles. The van der Waals surface area contributed by atoms with E-state index in [4.69, 9.17) is 9.47 Å². The molecule has 6 nitrogen and oxygen atoms in total. The lowest BCUT2D eigenvalue weighted by Crippen LogP contribution is -2.07. The molecule has 0 spiro atoms. The number of hydrogen-bond acceptors (Lipinski definition) is 4. The van der Waals surface area contributed by atoms with Crippen LogP contribution in [-0.2, 0) is 17.9 Å². The highest BCUT2D eigenvalue weighted by Gasteiger charge is 2.06. The highest BCUT2D eigenvalue weighted by molar-refractivity contribution is 6.01. The number of aromatic nitrogens is 2. The average molecular weight is 454 g/mol. The van der Waals surface area contributed by atoms with Crippen LogP contribution in [0.5, 0.6) is 11.5 Å². The van der Waals surface area contributed by atoms with Crippen LogP contribution in [0.3, 0.4) is 0 Å². The van der Waals surface area contributed by atoms with Gasteiger partial charge in [-0.25, -0.2) is 0 Å². The Labute approximate surface area is 199 Å². The van der Waals surface area contributed by atoms with Gasteiger partial charge in [0.15, 0.2) is 0 Å². The number of carbonyl (C=O) groups is 1. The number of rotatable bonds is 9. The molecule has 172 valence electrons. The van der Waals surface area contributed by atoms with E-state index >= 15 is 0 Å². The van der Waals surface area contributed by atoms with Crippen molar-refractivity contribution in [3.63, 3.8) is 0 Å². The number of aryl methyl sites for hydroxylation is 1. The summed E-state index contributed by atoms with van der Waals surface area (Å²) in [5, 5.41) is 7.19. The summed E-state index contributed by atoms with van der Waals surface area (Å²) < 4.78 is 13.1. The first-order valence-electron chi connectivity index (χ1n) is 11.0. The summed E-state index contributed by atoms with van der Waals surface area (Å²) in [6.07, 6.45) is 6.73. The van der Waals surface area contributed by atoms with Gasteiger partial charge in [0.05, 0.1) is 25.5 Å². The van der Waals surface area contributed by atoms with Crippen molar-refractivity contribution in [1.29, 1.82) is 0 Å². The van der Waals surface area contributed by atoms with Crippen LogP contribution in [0.1, 0.15) is 22.3 Å². The van der Waals surface area contributed by atoms with Gasteiger partial charge >= 0.3 is 0 Å². The molecule has 4 rings (SSSR count). The van der Waals surface area contributed by atoms with Gasteiger partial charge in [-0.05, 0) is 48.4 Å². The largest absolute Gasteiger partial charge is 0.496 e. The third-order valence-electron chi connectivity index (χ3n) is 5.20. The number of hydrogen-bond donors (Lipinski definition) is 1. The molecule has 0 fully saturated rings. The number of para-hydroxylation sites is 1. The molecule has 0 unspecified atom stereocenters. The molecule has 0 atom stereocenters. The van der Waals surface area contributed by atoms with Crippen molar-refractivity contribution in [1.82, 2.24) is 9.78 Å². The van der Waals surface area contributed by atoms with E-state index in [1.165, 1.54) is 11.6 Å². The molecule has 0 saturated carbocycles. The molecule has 3 aromatic carbocycles. The summed E-state index contributed by atoms with van der Waals surface area (Å²) >= 11 is 0. The van der Waals surface area contributed by atoms with Crippen LogP contribution in [0.25, 0.3) is 6.08 Å². The van der Waals surface area contributed by atoms with E-state index in [1.807, 2.05) is 60.8 Å². The Bertz CT molecular complexity index is 1280. The van der Waals surface area contributed by atoms with Crippen molar-refractivity contribution in [3.8, 4) is 11.5 Å². The van der Waals surface area contributed by atoms with Crippen LogP contribution < -0.4 is 14.8 Å². The smallest absolute Gasteiger partial charge is 0.248 e. The fourth-order valence-electron chi connectivity index (χ4n) is 3.56. The van der Waals surface area contributed by atoms with Gasteiger partial charge in [0.1, 0.15) is 18.1 Å². The Kier molecular flexibility index (Phi) is 7.40. The number of nitrogens with zero attached hydrogens (tertiary/aromatic N) is 2. The molecule has 0 bridgehead atoms. The number of anilines is 1. The maximum absolute atomic E-state index is 12.4.